The molecule has 0 fully saturated rings. The third kappa shape index (κ3) is 2.93. The van der Waals surface area contributed by atoms with E-state index in [1.54, 1.807) is 12.1 Å². The summed E-state index contributed by atoms with van der Waals surface area (Å²) in [5.74, 6) is -0.293. The van der Waals surface area contributed by atoms with Crippen molar-refractivity contribution >= 4 is 11.6 Å². The zero-order valence-electron chi connectivity index (χ0n) is 9.17. The number of halogens is 2. The molecule has 1 rings (SSSR count). The Labute approximate surface area is 94.9 Å². The molecule has 0 aliphatic carbocycles. The lowest BCUT2D eigenvalue weighted by molar-refractivity contribution is 0.102. The van der Waals surface area contributed by atoms with Crippen LogP contribution >= 0.6 is 11.6 Å². The Balaban J connectivity index is 2.91. The van der Waals surface area contributed by atoms with E-state index in [-0.39, 0.29) is 16.9 Å². The van der Waals surface area contributed by atoms with Gasteiger partial charge in [0.25, 0.3) is 0 Å². The van der Waals surface area contributed by atoms with Gasteiger partial charge in [-0.3, -0.25) is 0 Å². The summed E-state index contributed by atoms with van der Waals surface area (Å²) in [5.41, 5.74) is 0.864. The Hall–Kier alpha value is -0.600. The normalized spacial score (nSPS) is 15.4. The monoisotopic (exact) mass is 230 g/mol. The van der Waals surface area contributed by atoms with Crippen molar-refractivity contribution in [3.63, 3.8) is 0 Å². The first-order valence-corrected chi connectivity index (χ1v) is 5.44. The fraction of sp³-hybridized carbons (Fsp3) is 0.500. The molecular formula is C12H16ClFO. The molecule has 0 aliphatic rings. The van der Waals surface area contributed by atoms with E-state index in [1.807, 2.05) is 20.8 Å². The molecule has 0 bridgehead atoms. The summed E-state index contributed by atoms with van der Waals surface area (Å²) in [6.07, 6.45) is -0.438. The van der Waals surface area contributed by atoms with Gasteiger partial charge in [-0.25, -0.2) is 4.39 Å². The molecule has 2 atom stereocenters. The molecular weight excluding hydrogens is 215 g/mol. The maximum Gasteiger partial charge on any atom is 0.141 e. The first-order valence-electron chi connectivity index (χ1n) is 5.06. The van der Waals surface area contributed by atoms with Crippen LogP contribution in [0.25, 0.3) is 0 Å². The highest BCUT2D eigenvalue weighted by Crippen LogP contribution is 2.27. The van der Waals surface area contributed by atoms with Gasteiger partial charge in [-0.15, -0.1) is 0 Å². The minimum atomic E-state index is -0.438. The fourth-order valence-electron chi connectivity index (χ4n) is 1.57. The molecule has 3 heteroatoms. The van der Waals surface area contributed by atoms with Crippen LogP contribution in [0, 0.1) is 11.7 Å². The average molecular weight is 231 g/mol. The van der Waals surface area contributed by atoms with Crippen LogP contribution in [-0.2, 0) is 0 Å². The molecule has 2 unspecified atom stereocenters. The second-order valence-electron chi connectivity index (χ2n) is 4.20. The molecule has 0 amide bonds. The summed E-state index contributed by atoms with van der Waals surface area (Å²) < 4.78 is 12.9. The molecule has 0 heterocycles. The van der Waals surface area contributed by atoms with Gasteiger partial charge in [-0.1, -0.05) is 38.4 Å². The summed E-state index contributed by atoms with van der Waals surface area (Å²) in [5, 5.41) is 9.98. The molecule has 1 N–H and O–H groups in total. The van der Waals surface area contributed by atoms with E-state index in [0.717, 1.165) is 5.56 Å². The Kier molecular flexibility index (Phi) is 4.12. The summed E-state index contributed by atoms with van der Waals surface area (Å²) in [4.78, 5) is 0. The van der Waals surface area contributed by atoms with Gasteiger partial charge >= 0.3 is 0 Å². The van der Waals surface area contributed by atoms with Crippen molar-refractivity contribution in [2.24, 2.45) is 5.92 Å². The van der Waals surface area contributed by atoms with E-state index < -0.39 is 11.9 Å². The van der Waals surface area contributed by atoms with Crippen molar-refractivity contribution in [2.75, 3.05) is 0 Å². The summed E-state index contributed by atoms with van der Waals surface area (Å²) in [7, 11) is 0. The van der Waals surface area contributed by atoms with Crippen LogP contribution in [0.1, 0.15) is 32.3 Å². The van der Waals surface area contributed by atoms with E-state index >= 15 is 0 Å². The van der Waals surface area contributed by atoms with Crippen LogP contribution in [0.15, 0.2) is 18.2 Å². The van der Waals surface area contributed by atoms with E-state index in [9.17, 15) is 9.50 Å². The van der Waals surface area contributed by atoms with Crippen LogP contribution in [0.3, 0.4) is 0 Å². The molecule has 0 saturated carbocycles. The summed E-state index contributed by atoms with van der Waals surface area (Å²) in [6, 6.07) is 4.58. The number of aliphatic hydroxyl groups is 1. The SMILES string of the molecule is CC(C)C(O)C(C)c1ccc(F)c(Cl)c1. The topological polar surface area (TPSA) is 20.2 Å². The van der Waals surface area contributed by atoms with Gasteiger partial charge in [0.1, 0.15) is 5.82 Å². The Morgan fingerprint density at radius 3 is 2.33 bits per heavy atom. The smallest absolute Gasteiger partial charge is 0.141 e. The maximum atomic E-state index is 12.9. The third-order valence-corrected chi connectivity index (χ3v) is 2.95. The van der Waals surface area contributed by atoms with Crippen LogP contribution in [-0.4, -0.2) is 11.2 Å². The molecule has 0 saturated heterocycles. The molecule has 0 aromatic heterocycles. The Morgan fingerprint density at radius 1 is 1.27 bits per heavy atom. The van der Waals surface area contributed by atoms with Gasteiger partial charge in [0, 0.05) is 5.92 Å². The highest BCUT2D eigenvalue weighted by molar-refractivity contribution is 6.30. The van der Waals surface area contributed by atoms with Gasteiger partial charge in [0.15, 0.2) is 0 Å². The standard InChI is InChI=1S/C12H16ClFO/c1-7(2)12(15)8(3)9-4-5-11(14)10(13)6-9/h4-8,12,15H,1-3H3. The van der Waals surface area contributed by atoms with Crippen LogP contribution < -0.4 is 0 Å². The van der Waals surface area contributed by atoms with E-state index in [0.29, 0.717) is 0 Å². The maximum absolute atomic E-state index is 12.9. The van der Waals surface area contributed by atoms with E-state index in [4.69, 9.17) is 11.6 Å². The van der Waals surface area contributed by atoms with Crippen LogP contribution in [0.5, 0.6) is 0 Å². The Morgan fingerprint density at radius 2 is 1.87 bits per heavy atom. The number of hydrogen-bond donors (Lipinski definition) is 1. The second kappa shape index (κ2) is 4.95. The minimum Gasteiger partial charge on any atom is -0.392 e. The predicted molar refractivity (Wildman–Crippen MR) is 60.7 cm³/mol. The van der Waals surface area contributed by atoms with Crippen molar-refractivity contribution in [3.05, 3.63) is 34.6 Å². The lowest BCUT2D eigenvalue weighted by Gasteiger charge is -2.22. The van der Waals surface area contributed by atoms with Crippen molar-refractivity contribution in [2.45, 2.75) is 32.8 Å². The Bertz CT molecular complexity index is 338. The van der Waals surface area contributed by atoms with E-state index in [1.165, 1.54) is 6.07 Å². The lowest BCUT2D eigenvalue weighted by Crippen LogP contribution is -2.22. The van der Waals surface area contributed by atoms with Crippen molar-refractivity contribution in [1.29, 1.82) is 0 Å². The van der Waals surface area contributed by atoms with Crippen molar-refractivity contribution < 1.29 is 9.50 Å². The average Bonchev–Trinajstić information content (AvgIpc) is 2.19. The van der Waals surface area contributed by atoms with Gasteiger partial charge in [-0.2, -0.15) is 0 Å². The molecule has 1 aromatic rings. The predicted octanol–water partition coefficient (Wildman–Crippen LogP) is 3.60. The highest BCUT2D eigenvalue weighted by Gasteiger charge is 2.20. The summed E-state index contributed by atoms with van der Waals surface area (Å²) in [6.45, 7) is 5.81. The zero-order chi connectivity index (χ0) is 11.6. The summed E-state index contributed by atoms with van der Waals surface area (Å²) >= 11 is 5.69. The number of hydrogen-bond acceptors (Lipinski definition) is 1. The second-order valence-corrected chi connectivity index (χ2v) is 4.60. The molecule has 0 aliphatic heterocycles. The van der Waals surface area contributed by atoms with Crippen molar-refractivity contribution in [3.8, 4) is 0 Å². The van der Waals surface area contributed by atoms with E-state index in [2.05, 4.69) is 0 Å². The molecule has 0 spiro atoms. The van der Waals surface area contributed by atoms with Gasteiger partial charge in [0.05, 0.1) is 11.1 Å². The minimum absolute atomic E-state index is 0.0388. The fourth-order valence-corrected chi connectivity index (χ4v) is 1.76. The highest BCUT2D eigenvalue weighted by atomic mass is 35.5. The van der Waals surface area contributed by atoms with Gasteiger partial charge < -0.3 is 5.11 Å². The van der Waals surface area contributed by atoms with Gasteiger partial charge in [0.2, 0.25) is 0 Å². The van der Waals surface area contributed by atoms with Crippen LogP contribution in [0.4, 0.5) is 4.39 Å². The number of rotatable bonds is 3. The third-order valence-electron chi connectivity index (χ3n) is 2.66. The first kappa shape index (κ1) is 12.5. The van der Waals surface area contributed by atoms with Gasteiger partial charge in [-0.05, 0) is 23.6 Å². The molecule has 0 radical (unpaired) electrons. The lowest BCUT2D eigenvalue weighted by atomic mass is 9.89. The first-order chi connectivity index (χ1) is 6.93. The van der Waals surface area contributed by atoms with Crippen molar-refractivity contribution in [1.82, 2.24) is 0 Å². The number of benzene rings is 1. The molecule has 1 nitrogen and oxygen atoms in total. The number of aliphatic hydroxyl groups excluding tert-OH is 1. The zero-order valence-corrected chi connectivity index (χ0v) is 9.92. The van der Waals surface area contributed by atoms with Crippen LogP contribution in [0.2, 0.25) is 5.02 Å². The largest absolute Gasteiger partial charge is 0.392 e. The molecule has 15 heavy (non-hydrogen) atoms. The molecule has 1 aromatic carbocycles. The molecule has 84 valence electrons. The quantitative estimate of drug-likeness (QED) is 0.841.